The Hall–Kier alpha value is -3.16. The van der Waals surface area contributed by atoms with Crippen LogP contribution >= 0.6 is 7.82 Å². The number of H-pyrrole nitrogens is 1. The van der Waals surface area contributed by atoms with Crippen LogP contribution in [0.5, 0.6) is 6.01 Å². The second-order valence-electron chi connectivity index (χ2n) is 21.8. The van der Waals surface area contributed by atoms with Gasteiger partial charge in [-0.15, -0.1) is 0 Å². The lowest BCUT2D eigenvalue weighted by molar-refractivity contribution is -0.163. The van der Waals surface area contributed by atoms with Gasteiger partial charge in [0.15, 0.2) is 17.6 Å². The Bertz CT molecular complexity index is 1950. The van der Waals surface area contributed by atoms with Crippen molar-refractivity contribution in [2.75, 3.05) is 84.8 Å². The summed E-state index contributed by atoms with van der Waals surface area (Å²) in [5, 5.41) is 0. The van der Waals surface area contributed by atoms with Crippen molar-refractivity contribution in [3.63, 3.8) is 0 Å². The van der Waals surface area contributed by atoms with Crippen LogP contribution in [0.25, 0.3) is 11.2 Å². The standard InChI is InChI=1S/C59H109N6O13P/c1-5-8-10-12-14-16-18-20-22-24-26-28-30-33-53(66)74-49-52(78-54(67)34-31-29-27-25-23-21-19-17-15-13-11-9-6-2)48-73-44-43-71-41-42-72-45-46-76-79(69,70)75-40-39-64-37-35-51(36-38-64)47-65-57-55(61-59(65)68)56(60)62-58(63-57)77-50(4)32-7-3/h50-52H,5-49H2,1-4H3,(H,61,68)(H,69,70)(H2,60,62,63)/t50-,52-/m0/s1. The molecule has 1 fully saturated rings. The molecular weight excluding hydrogens is 1030 g/mol. The summed E-state index contributed by atoms with van der Waals surface area (Å²) in [6.07, 6.45) is 35.3. The number of nitrogen functional groups attached to an aromatic ring is 1. The van der Waals surface area contributed by atoms with Crippen molar-refractivity contribution in [3.05, 3.63) is 10.5 Å². The van der Waals surface area contributed by atoms with E-state index in [1.54, 1.807) is 4.57 Å². The molecule has 458 valence electrons. The van der Waals surface area contributed by atoms with E-state index in [-0.39, 0.29) is 101 Å². The fourth-order valence-corrected chi connectivity index (χ4v) is 10.6. The van der Waals surface area contributed by atoms with Crippen molar-refractivity contribution in [2.24, 2.45) is 5.92 Å². The first kappa shape index (κ1) is 70.1. The molecule has 0 radical (unpaired) electrons. The number of piperidine rings is 1. The van der Waals surface area contributed by atoms with Gasteiger partial charge >= 0.3 is 31.5 Å². The van der Waals surface area contributed by atoms with Gasteiger partial charge in [0, 0.05) is 25.9 Å². The number of nitrogens with zero attached hydrogens (tertiary/aromatic N) is 4. The average molecular weight is 1140 g/mol. The number of aromatic nitrogens is 4. The van der Waals surface area contributed by atoms with Gasteiger partial charge in [-0.1, -0.05) is 181 Å². The molecule has 2 aromatic heterocycles. The van der Waals surface area contributed by atoms with Crippen molar-refractivity contribution in [1.29, 1.82) is 0 Å². The van der Waals surface area contributed by atoms with Gasteiger partial charge in [-0.3, -0.25) is 23.2 Å². The third-order valence-electron chi connectivity index (χ3n) is 14.7. The van der Waals surface area contributed by atoms with Crippen molar-refractivity contribution in [1.82, 2.24) is 24.4 Å². The molecule has 79 heavy (non-hydrogen) atoms. The minimum absolute atomic E-state index is 0.0138. The fourth-order valence-electron chi connectivity index (χ4n) is 9.93. The molecular formula is C59H109N6O13P. The largest absolute Gasteiger partial charge is 0.472 e. The van der Waals surface area contributed by atoms with E-state index in [1.807, 2.05) is 6.92 Å². The van der Waals surface area contributed by atoms with Gasteiger partial charge in [-0.25, -0.2) is 9.36 Å². The summed E-state index contributed by atoms with van der Waals surface area (Å²) >= 11 is 0. The van der Waals surface area contributed by atoms with Crippen molar-refractivity contribution in [2.45, 2.75) is 252 Å². The summed E-state index contributed by atoms with van der Waals surface area (Å²) in [5.41, 5.74) is 6.68. The molecule has 2 aromatic rings. The van der Waals surface area contributed by atoms with Gasteiger partial charge in [0.05, 0.1) is 59.0 Å². The van der Waals surface area contributed by atoms with E-state index < -0.39 is 13.9 Å². The van der Waals surface area contributed by atoms with Crippen LogP contribution in [-0.4, -0.2) is 133 Å². The molecule has 3 heterocycles. The van der Waals surface area contributed by atoms with Gasteiger partial charge in [-0.2, -0.15) is 9.97 Å². The zero-order chi connectivity index (χ0) is 57.0. The third kappa shape index (κ3) is 34.8. The normalized spacial score (nSPS) is 14.9. The highest BCUT2D eigenvalue weighted by atomic mass is 31.2. The summed E-state index contributed by atoms with van der Waals surface area (Å²) in [7, 11) is -4.29. The number of aromatic amines is 1. The SMILES string of the molecule is CCCCCCCCCCCCCCCC(=O)OC[C@H](COCCOCCOCCOP(=O)(O)OCCN1CCC(Cn2c(=O)[nH]c3c(N)nc(O[C@@H](C)CCC)nc32)CC1)OC(=O)CCCCCCCCCCCCCCC. The minimum Gasteiger partial charge on any atom is -0.462 e. The van der Waals surface area contributed by atoms with Gasteiger partial charge in [0.2, 0.25) is 0 Å². The summed E-state index contributed by atoms with van der Waals surface area (Å²) in [6.45, 7) is 11.9. The number of hydrogen-bond acceptors (Lipinski definition) is 16. The monoisotopic (exact) mass is 1140 g/mol. The van der Waals surface area contributed by atoms with Crippen LogP contribution < -0.4 is 16.2 Å². The van der Waals surface area contributed by atoms with Crippen LogP contribution in [0.15, 0.2) is 4.79 Å². The van der Waals surface area contributed by atoms with E-state index in [2.05, 4.69) is 40.6 Å². The number of nitrogens with two attached hydrogens (primary N) is 1. The van der Waals surface area contributed by atoms with Crippen molar-refractivity contribution < 1.29 is 56.5 Å². The minimum atomic E-state index is -4.29. The highest BCUT2D eigenvalue weighted by Crippen LogP contribution is 2.42. The second-order valence-corrected chi connectivity index (χ2v) is 23.3. The molecule has 0 spiro atoms. The van der Waals surface area contributed by atoms with Crippen molar-refractivity contribution in [3.8, 4) is 6.01 Å². The molecule has 0 bridgehead atoms. The quantitative estimate of drug-likeness (QED) is 0.0317. The molecule has 3 atom stereocenters. The highest BCUT2D eigenvalue weighted by molar-refractivity contribution is 7.47. The van der Waals surface area contributed by atoms with E-state index in [0.717, 1.165) is 77.3 Å². The van der Waals surface area contributed by atoms with Crippen LogP contribution in [0.3, 0.4) is 0 Å². The number of imidazole rings is 1. The zero-order valence-corrected chi connectivity index (χ0v) is 50.6. The Labute approximate surface area is 475 Å². The molecule has 0 aliphatic carbocycles. The molecule has 4 N–H and O–H groups in total. The Morgan fingerprint density at radius 3 is 1.66 bits per heavy atom. The number of esters is 2. The Balaban J connectivity index is 1.24. The molecule has 0 aromatic carbocycles. The summed E-state index contributed by atoms with van der Waals surface area (Å²) in [6, 6.07) is 0.153. The number of unbranched alkanes of at least 4 members (excludes halogenated alkanes) is 24. The summed E-state index contributed by atoms with van der Waals surface area (Å²) in [4.78, 5) is 62.3. The van der Waals surface area contributed by atoms with Crippen LogP contribution in [0, 0.1) is 5.92 Å². The lowest BCUT2D eigenvalue weighted by Crippen LogP contribution is -2.37. The van der Waals surface area contributed by atoms with Gasteiger partial charge < -0.3 is 48.9 Å². The molecule has 3 rings (SSSR count). The number of anilines is 1. The molecule has 20 heteroatoms. The Morgan fingerprint density at radius 2 is 1.13 bits per heavy atom. The maximum atomic E-state index is 12.9. The van der Waals surface area contributed by atoms with E-state index >= 15 is 0 Å². The van der Waals surface area contributed by atoms with E-state index in [0.29, 0.717) is 37.1 Å². The van der Waals surface area contributed by atoms with Crippen LogP contribution in [-0.2, 0) is 53.4 Å². The number of likely N-dealkylation sites (tertiary alicyclic amines) is 1. The van der Waals surface area contributed by atoms with Crippen LogP contribution in [0.2, 0.25) is 0 Å². The summed E-state index contributed by atoms with van der Waals surface area (Å²) < 4.78 is 58.6. The van der Waals surface area contributed by atoms with Gasteiger partial charge in [0.25, 0.3) is 0 Å². The molecule has 0 amide bonds. The lowest BCUT2D eigenvalue weighted by Gasteiger charge is -2.31. The number of phosphoric ester groups is 1. The first-order chi connectivity index (χ1) is 38.4. The summed E-state index contributed by atoms with van der Waals surface area (Å²) in [5.74, 6) is -0.208. The smallest absolute Gasteiger partial charge is 0.462 e. The average Bonchev–Trinajstić information content (AvgIpc) is 3.93. The van der Waals surface area contributed by atoms with E-state index in [4.69, 9.17) is 43.2 Å². The van der Waals surface area contributed by atoms with Gasteiger partial charge in [0.1, 0.15) is 12.1 Å². The number of fused-ring (bicyclic) bond motifs is 1. The molecule has 0 saturated carbocycles. The maximum Gasteiger partial charge on any atom is 0.472 e. The molecule has 1 unspecified atom stereocenters. The van der Waals surface area contributed by atoms with Gasteiger partial charge in [-0.05, 0) is 58.0 Å². The first-order valence-electron chi connectivity index (χ1n) is 31.3. The maximum absolute atomic E-state index is 12.9. The zero-order valence-electron chi connectivity index (χ0n) is 49.7. The number of hydrogen-bond donors (Lipinski definition) is 3. The number of phosphoric acid groups is 1. The molecule has 1 saturated heterocycles. The highest BCUT2D eigenvalue weighted by Gasteiger charge is 2.26. The number of ether oxygens (including phenoxy) is 6. The number of nitrogens with one attached hydrogen (secondary N) is 1. The fraction of sp³-hybridized carbons (Fsp3) is 0.881. The Morgan fingerprint density at radius 1 is 0.646 bits per heavy atom. The number of carbonyl (C=O) groups excluding carboxylic acids is 2. The molecule has 1 aliphatic heterocycles. The van der Waals surface area contributed by atoms with E-state index in [9.17, 15) is 23.8 Å². The predicted molar refractivity (Wildman–Crippen MR) is 312 cm³/mol. The molecule has 19 nitrogen and oxygen atoms in total. The Kier molecular flexibility index (Phi) is 40.3. The molecule has 1 aliphatic rings. The van der Waals surface area contributed by atoms with Crippen LogP contribution in [0.4, 0.5) is 5.82 Å². The first-order valence-corrected chi connectivity index (χ1v) is 32.8. The van der Waals surface area contributed by atoms with E-state index in [1.165, 1.54) is 128 Å². The topological polar surface area (TPSA) is 238 Å². The lowest BCUT2D eigenvalue weighted by atomic mass is 9.97. The number of rotatable bonds is 53. The second kappa shape index (κ2) is 45.4. The van der Waals surface area contributed by atoms with Crippen LogP contribution in [0.1, 0.15) is 233 Å². The third-order valence-corrected chi connectivity index (χ3v) is 15.7. The van der Waals surface area contributed by atoms with Crippen molar-refractivity contribution >= 4 is 36.7 Å². The predicted octanol–water partition coefficient (Wildman–Crippen LogP) is 12.6. The number of carbonyl (C=O) groups is 2.